The van der Waals surface area contributed by atoms with Gasteiger partial charge in [0.15, 0.2) is 0 Å². The normalized spacial score (nSPS) is 12.0. The molecule has 0 bridgehead atoms. The van der Waals surface area contributed by atoms with E-state index in [1.165, 1.54) is 12.1 Å². The van der Waals surface area contributed by atoms with Crippen LogP contribution in [-0.2, 0) is 4.79 Å². The highest BCUT2D eigenvalue weighted by molar-refractivity contribution is 6.36. The first kappa shape index (κ1) is 20.3. The number of likely N-dealkylation sites (N-methyl/N-ethyl adjacent to an activating group) is 1. The van der Waals surface area contributed by atoms with Crippen molar-refractivity contribution in [2.24, 2.45) is 0 Å². The van der Waals surface area contributed by atoms with E-state index in [1.54, 1.807) is 30.3 Å². The number of carbonyl (C=O) groups excluding carboxylic acids is 1. The molecule has 28 heavy (non-hydrogen) atoms. The highest BCUT2D eigenvalue weighted by atomic mass is 35.5. The van der Waals surface area contributed by atoms with Crippen molar-refractivity contribution >= 4 is 34.8 Å². The second-order valence-corrected chi connectivity index (χ2v) is 7.30. The lowest BCUT2D eigenvalue weighted by Gasteiger charge is -2.28. The quantitative estimate of drug-likeness (QED) is 0.551. The molecule has 144 valence electrons. The summed E-state index contributed by atoms with van der Waals surface area (Å²) in [4.78, 5) is 14.5. The molecule has 6 heteroatoms. The van der Waals surface area contributed by atoms with Gasteiger partial charge in [-0.15, -0.1) is 0 Å². The first-order valence-electron chi connectivity index (χ1n) is 8.69. The molecule has 0 fully saturated rings. The maximum atomic E-state index is 13.4. The smallest absolute Gasteiger partial charge is 0.238 e. The molecule has 1 atom stereocenters. The Hall–Kier alpha value is -2.40. The number of carbonyl (C=O) groups is 1. The lowest BCUT2D eigenvalue weighted by Crippen LogP contribution is -2.34. The third-order valence-corrected chi connectivity index (χ3v) is 4.89. The number of benzene rings is 3. The molecule has 1 unspecified atom stereocenters. The zero-order chi connectivity index (χ0) is 20.1. The zero-order valence-corrected chi connectivity index (χ0v) is 16.7. The molecule has 1 N–H and O–H groups in total. The van der Waals surface area contributed by atoms with Crippen LogP contribution < -0.4 is 5.32 Å². The van der Waals surface area contributed by atoms with Crippen LogP contribution in [0.2, 0.25) is 10.0 Å². The van der Waals surface area contributed by atoms with Crippen molar-refractivity contribution in [3.05, 3.63) is 99.8 Å². The van der Waals surface area contributed by atoms with Crippen LogP contribution in [0.4, 0.5) is 10.1 Å². The van der Waals surface area contributed by atoms with Crippen LogP contribution in [0.15, 0.2) is 72.8 Å². The summed E-state index contributed by atoms with van der Waals surface area (Å²) in [6, 6.07) is 20.8. The number of nitrogens with zero attached hydrogens (tertiary/aromatic N) is 1. The molecule has 3 aromatic carbocycles. The molecular weight excluding hydrogens is 398 g/mol. The van der Waals surface area contributed by atoms with Gasteiger partial charge in [-0.05, 0) is 48.5 Å². The second-order valence-electron chi connectivity index (χ2n) is 6.45. The Balaban J connectivity index is 1.80. The first-order chi connectivity index (χ1) is 13.4. The highest BCUT2D eigenvalue weighted by Gasteiger charge is 2.21. The van der Waals surface area contributed by atoms with Crippen molar-refractivity contribution in [2.45, 2.75) is 6.04 Å². The lowest BCUT2D eigenvalue weighted by molar-refractivity contribution is -0.117. The van der Waals surface area contributed by atoms with Gasteiger partial charge in [0.2, 0.25) is 5.91 Å². The van der Waals surface area contributed by atoms with Crippen LogP contribution in [0.1, 0.15) is 17.2 Å². The third-order valence-electron chi connectivity index (χ3n) is 4.34. The van der Waals surface area contributed by atoms with Gasteiger partial charge in [-0.3, -0.25) is 9.69 Å². The average molecular weight is 417 g/mol. The Labute approximate surface area is 173 Å². The number of halogens is 3. The van der Waals surface area contributed by atoms with E-state index >= 15 is 0 Å². The monoisotopic (exact) mass is 416 g/mol. The minimum Gasteiger partial charge on any atom is -0.324 e. The van der Waals surface area contributed by atoms with Gasteiger partial charge >= 0.3 is 0 Å². The van der Waals surface area contributed by atoms with Crippen LogP contribution in [-0.4, -0.2) is 24.4 Å². The molecule has 0 radical (unpaired) electrons. The maximum absolute atomic E-state index is 13.4. The van der Waals surface area contributed by atoms with E-state index < -0.39 is 0 Å². The van der Waals surface area contributed by atoms with E-state index in [1.807, 2.05) is 42.3 Å². The zero-order valence-electron chi connectivity index (χ0n) is 15.2. The second kappa shape index (κ2) is 9.20. The van der Waals surface area contributed by atoms with Crippen molar-refractivity contribution in [2.75, 3.05) is 18.9 Å². The predicted octanol–water partition coefficient (Wildman–Crippen LogP) is 5.79. The largest absolute Gasteiger partial charge is 0.324 e. The van der Waals surface area contributed by atoms with Gasteiger partial charge in [-0.25, -0.2) is 4.39 Å². The minimum absolute atomic E-state index is 0.121. The third kappa shape index (κ3) is 5.10. The summed E-state index contributed by atoms with van der Waals surface area (Å²) in [6.45, 7) is 0.121. The molecule has 0 aliphatic carbocycles. The predicted molar refractivity (Wildman–Crippen MR) is 112 cm³/mol. The van der Waals surface area contributed by atoms with Crippen LogP contribution in [0, 0.1) is 5.82 Å². The molecule has 0 heterocycles. The fourth-order valence-electron chi connectivity index (χ4n) is 3.08. The molecule has 3 nitrogen and oxygen atoms in total. The van der Waals surface area contributed by atoms with Gasteiger partial charge in [0.25, 0.3) is 0 Å². The number of hydrogen-bond acceptors (Lipinski definition) is 2. The molecule has 0 spiro atoms. The summed E-state index contributed by atoms with van der Waals surface area (Å²) in [6.07, 6.45) is 0. The van der Waals surface area contributed by atoms with E-state index in [0.29, 0.717) is 15.7 Å². The summed E-state index contributed by atoms with van der Waals surface area (Å²) in [5.74, 6) is -0.511. The Kier molecular flexibility index (Phi) is 6.68. The van der Waals surface area contributed by atoms with E-state index in [2.05, 4.69) is 5.32 Å². The summed E-state index contributed by atoms with van der Waals surface area (Å²) in [5.41, 5.74) is 2.41. The molecule has 0 saturated heterocycles. The fraction of sp³-hybridized carbons (Fsp3) is 0.136. The number of anilines is 1. The van der Waals surface area contributed by atoms with Gasteiger partial charge in [0.05, 0.1) is 23.3 Å². The summed E-state index contributed by atoms with van der Waals surface area (Å²) < 4.78 is 13.4. The van der Waals surface area contributed by atoms with E-state index in [0.717, 1.165) is 11.1 Å². The SMILES string of the molecule is CN(CC(=O)Nc1ccc(Cl)cc1Cl)C(c1ccccc1)c1ccc(F)cc1. The minimum atomic E-state index is -0.298. The fourth-order valence-corrected chi connectivity index (χ4v) is 3.54. The molecule has 3 rings (SSSR count). The molecule has 1 amide bonds. The van der Waals surface area contributed by atoms with Crippen molar-refractivity contribution < 1.29 is 9.18 Å². The van der Waals surface area contributed by atoms with Crippen molar-refractivity contribution in [3.63, 3.8) is 0 Å². The van der Waals surface area contributed by atoms with Gasteiger partial charge < -0.3 is 5.32 Å². The maximum Gasteiger partial charge on any atom is 0.238 e. The Morgan fingerprint density at radius 1 is 1.00 bits per heavy atom. The molecule has 0 aliphatic rings. The van der Waals surface area contributed by atoms with E-state index in [4.69, 9.17) is 23.2 Å². The lowest BCUT2D eigenvalue weighted by atomic mass is 9.97. The van der Waals surface area contributed by atoms with Gasteiger partial charge in [0.1, 0.15) is 5.82 Å². The Morgan fingerprint density at radius 3 is 2.29 bits per heavy atom. The number of nitrogens with one attached hydrogen (secondary N) is 1. The number of rotatable bonds is 6. The van der Waals surface area contributed by atoms with Gasteiger partial charge in [-0.1, -0.05) is 65.7 Å². The first-order valence-corrected chi connectivity index (χ1v) is 9.45. The number of hydrogen-bond donors (Lipinski definition) is 1. The summed E-state index contributed by atoms with van der Waals surface area (Å²) in [5, 5.41) is 3.68. The van der Waals surface area contributed by atoms with E-state index in [9.17, 15) is 9.18 Å². The molecular formula is C22H19Cl2FN2O. The summed E-state index contributed by atoms with van der Waals surface area (Å²) in [7, 11) is 1.85. The Morgan fingerprint density at radius 2 is 1.64 bits per heavy atom. The standard InChI is InChI=1S/C22H19Cl2FN2O/c1-27(14-21(28)26-20-12-9-17(23)13-19(20)24)22(15-5-3-2-4-6-15)16-7-10-18(25)11-8-16/h2-13,22H,14H2,1H3,(H,26,28). The van der Waals surface area contributed by atoms with Crippen LogP contribution in [0.5, 0.6) is 0 Å². The average Bonchev–Trinajstić information content (AvgIpc) is 2.67. The van der Waals surface area contributed by atoms with Gasteiger partial charge in [-0.2, -0.15) is 0 Å². The van der Waals surface area contributed by atoms with E-state index in [-0.39, 0.29) is 24.3 Å². The van der Waals surface area contributed by atoms with Crippen molar-refractivity contribution in [1.82, 2.24) is 4.90 Å². The Bertz CT molecular complexity index is 949. The molecule has 0 saturated carbocycles. The van der Waals surface area contributed by atoms with Crippen LogP contribution in [0.25, 0.3) is 0 Å². The highest BCUT2D eigenvalue weighted by Crippen LogP contribution is 2.28. The summed E-state index contributed by atoms with van der Waals surface area (Å²) >= 11 is 12.0. The van der Waals surface area contributed by atoms with Crippen LogP contribution in [0.3, 0.4) is 0 Å². The van der Waals surface area contributed by atoms with Crippen molar-refractivity contribution in [3.8, 4) is 0 Å². The molecule has 3 aromatic rings. The number of amides is 1. The molecule has 0 aliphatic heterocycles. The van der Waals surface area contributed by atoms with Crippen LogP contribution >= 0.6 is 23.2 Å². The topological polar surface area (TPSA) is 32.3 Å². The molecule has 0 aromatic heterocycles. The van der Waals surface area contributed by atoms with Crippen molar-refractivity contribution in [1.29, 1.82) is 0 Å². The van der Waals surface area contributed by atoms with Gasteiger partial charge in [0, 0.05) is 5.02 Å².